The fourth-order valence-electron chi connectivity index (χ4n) is 2.62. The minimum Gasteiger partial charge on any atom is -0.377 e. The Kier molecular flexibility index (Phi) is 5.37. The van der Waals surface area contributed by atoms with E-state index < -0.39 is 10.0 Å². The van der Waals surface area contributed by atoms with Gasteiger partial charge < -0.3 is 10.5 Å². The van der Waals surface area contributed by atoms with Crippen molar-refractivity contribution in [3.63, 3.8) is 0 Å². The van der Waals surface area contributed by atoms with Crippen molar-refractivity contribution in [1.82, 2.24) is 4.31 Å². The maximum Gasteiger partial charge on any atom is 0.243 e. The molecular formula is C15H24N2O3S. The Balaban J connectivity index is 2.23. The van der Waals surface area contributed by atoms with Gasteiger partial charge in [0.2, 0.25) is 10.0 Å². The molecule has 1 unspecified atom stereocenters. The van der Waals surface area contributed by atoms with Crippen molar-refractivity contribution < 1.29 is 13.2 Å². The van der Waals surface area contributed by atoms with E-state index in [1.54, 1.807) is 18.2 Å². The van der Waals surface area contributed by atoms with Crippen molar-refractivity contribution in [1.29, 1.82) is 0 Å². The van der Waals surface area contributed by atoms with Gasteiger partial charge in [-0.1, -0.05) is 13.0 Å². The van der Waals surface area contributed by atoms with Gasteiger partial charge in [-0.05, 0) is 43.0 Å². The molecule has 1 aromatic carbocycles. The van der Waals surface area contributed by atoms with Crippen LogP contribution in [-0.4, -0.2) is 38.5 Å². The quantitative estimate of drug-likeness (QED) is 0.867. The number of hydrogen-bond donors (Lipinski definition) is 1. The Labute approximate surface area is 127 Å². The van der Waals surface area contributed by atoms with E-state index in [4.69, 9.17) is 10.5 Å². The second-order valence-electron chi connectivity index (χ2n) is 5.38. The van der Waals surface area contributed by atoms with Gasteiger partial charge >= 0.3 is 0 Å². The van der Waals surface area contributed by atoms with Gasteiger partial charge in [-0.3, -0.25) is 0 Å². The fraction of sp³-hybridized carbons (Fsp3) is 0.600. The van der Waals surface area contributed by atoms with Crippen molar-refractivity contribution in [2.24, 2.45) is 5.73 Å². The van der Waals surface area contributed by atoms with Gasteiger partial charge in [-0.15, -0.1) is 0 Å². The summed E-state index contributed by atoms with van der Waals surface area (Å²) < 4.78 is 32.5. The standard InChI is InChI=1S/C15H24N2O3S/c1-3-17(11-14-5-4-8-20-14)21(18,19)15-7-6-13(10-16)12(2)9-15/h6-7,9,14H,3-5,8,10-11,16H2,1-2H3. The van der Waals surface area contributed by atoms with Crippen molar-refractivity contribution in [2.45, 2.75) is 44.2 Å². The average molecular weight is 312 g/mol. The molecule has 0 saturated carbocycles. The van der Waals surface area contributed by atoms with Gasteiger partial charge in [0.05, 0.1) is 11.0 Å². The van der Waals surface area contributed by atoms with E-state index >= 15 is 0 Å². The third kappa shape index (κ3) is 3.63. The van der Waals surface area contributed by atoms with Crippen LogP contribution < -0.4 is 5.73 Å². The maximum atomic E-state index is 12.7. The molecule has 2 rings (SSSR count). The molecule has 1 atom stereocenters. The molecule has 1 heterocycles. The molecule has 0 spiro atoms. The first-order valence-electron chi connectivity index (χ1n) is 7.40. The van der Waals surface area contributed by atoms with E-state index in [1.165, 1.54) is 4.31 Å². The smallest absolute Gasteiger partial charge is 0.243 e. The summed E-state index contributed by atoms with van der Waals surface area (Å²) in [5, 5.41) is 0. The summed E-state index contributed by atoms with van der Waals surface area (Å²) in [5.74, 6) is 0. The van der Waals surface area contributed by atoms with Crippen LogP contribution in [0.5, 0.6) is 0 Å². The molecule has 6 heteroatoms. The third-order valence-electron chi connectivity index (χ3n) is 3.96. The summed E-state index contributed by atoms with van der Waals surface area (Å²) >= 11 is 0. The molecule has 0 radical (unpaired) electrons. The van der Waals surface area contributed by atoms with E-state index in [0.29, 0.717) is 24.5 Å². The number of nitrogens with zero attached hydrogens (tertiary/aromatic N) is 1. The van der Waals surface area contributed by atoms with Gasteiger partial charge in [0.15, 0.2) is 0 Å². The zero-order valence-electron chi connectivity index (χ0n) is 12.7. The predicted octanol–water partition coefficient (Wildman–Crippen LogP) is 1.64. The monoisotopic (exact) mass is 312 g/mol. The summed E-state index contributed by atoms with van der Waals surface area (Å²) in [5.41, 5.74) is 7.51. The first-order chi connectivity index (χ1) is 9.98. The lowest BCUT2D eigenvalue weighted by Gasteiger charge is -2.23. The molecule has 1 saturated heterocycles. The van der Waals surface area contributed by atoms with Crippen LogP contribution in [0.1, 0.15) is 30.9 Å². The first kappa shape index (κ1) is 16.4. The summed E-state index contributed by atoms with van der Waals surface area (Å²) in [4.78, 5) is 0.331. The van der Waals surface area contributed by atoms with Crippen LogP contribution in [0.25, 0.3) is 0 Å². The molecule has 1 aromatic rings. The van der Waals surface area contributed by atoms with Crippen LogP contribution in [0.2, 0.25) is 0 Å². The molecular weight excluding hydrogens is 288 g/mol. The minimum atomic E-state index is -3.47. The summed E-state index contributed by atoms with van der Waals surface area (Å²) in [6.45, 7) is 5.76. The number of rotatable bonds is 6. The largest absolute Gasteiger partial charge is 0.377 e. The maximum absolute atomic E-state index is 12.7. The normalized spacial score (nSPS) is 19.3. The number of ether oxygens (including phenoxy) is 1. The van der Waals surface area contributed by atoms with Gasteiger partial charge in [-0.2, -0.15) is 4.31 Å². The molecule has 0 bridgehead atoms. The van der Waals surface area contributed by atoms with Gasteiger partial charge in [0.1, 0.15) is 0 Å². The Morgan fingerprint density at radius 1 is 1.43 bits per heavy atom. The molecule has 2 N–H and O–H groups in total. The lowest BCUT2D eigenvalue weighted by atomic mass is 10.1. The third-order valence-corrected chi connectivity index (χ3v) is 5.89. The van der Waals surface area contributed by atoms with Gasteiger partial charge in [-0.25, -0.2) is 8.42 Å². The molecule has 1 aliphatic heterocycles. The predicted molar refractivity (Wildman–Crippen MR) is 82.5 cm³/mol. The summed E-state index contributed by atoms with van der Waals surface area (Å²) in [6, 6.07) is 5.14. The molecule has 1 fully saturated rings. The van der Waals surface area contributed by atoms with E-state index in [2.05, 4.69) is 0 Å². The zero-order chi connectivity index (χ0) is 15.5. The number of likely N-dealkylation sites (N-methyl/N-ethyl adjacent to an activating group) is 1. The van der Waals surface area contributed by atoms with E-state index in [1.807, 2.05) is 13.8 Å². The van der Waals surface area contributed by atoms with Crippen LogP contribution >= 0.6 is 0 Å². The molecule has 0 amide bonds. The lowest BCUT2D eigenvalue weighted by Crippen LogP contribution is -2.37. The molecule has 0 aliphatic carbocycles. The second kappa shape index (κ2) is 6.87. The lowest BCUT2D eigenvalue weighted by molar-refractivity contribution is 0.0947. The van der Waals surface area contributed by atoms with Crippen molar-refractivity contribution >= 4 is 10.0 Å². The van der Waals surface area contributed by atoms with Crippen LogP contribution in [-0.2, 0) is 21.3 Å². The highest BCUT2D eigenvalue weighted by molar-refractivity contribution is 7.89. The Morgan fingerprint density at radius 3 is 2.71 bits per heavy atom. The van der Waals surface area contributed by atoms with Crippen LogP contribution in [0.4, 0.5) is 0 Å². The zero-order valence-corrected chi connectivity index (χ0v) is 13.5. The summed E-state index contributed by atoms with van der Waals surface area (Å²) in [7, 11) is -3.47. The molecule has 0 aromatic heterocycles. The van der Waals surface area contributed by atoms with Crippen molar-refractivity contribution in [2.75, 3.05) is 19.7 Å². The first-order valence-corrected chi connectivity index (χ1v) is 8.84. The van der Waals surface area contributed by atoms with E-state index in [-0.39, 0.29) is 6.10 Å². The van der Waals surface area contributed by atoms with Crippen LogP contribution in [0.3, 0.4) is 0 Å². The Hall–Kier alpha value is -0.950. The number of benzene rings is 1. The average Bonchev–Trinajstić information content (AvgIpc) is 2.97. The Morgan fingerprint density at radius 2 is 2.19 bits per heavy atom. The fourth-order valence-corrected chi connectivity index (χ4v) is 4.19. The van der Waals surface area contributed by atoms with E-state index in [9.17, 15) is 8.42 Å². The number of hydrogen-bond acceptors (Lipinski definition) is 4. The number of nitrogens with two attached hydrogens (primary N) is 1. The number of sulfonamides is 1. The van der Waals surface area contributed by atoms with Gasteiger partial charge in [0, 0.05) is 26.2 Å². The topological polar surface area (TPSA) is 72.6 Å². The van der Waals surface area contributed by atoms with Crippen LogP contribution in [0, 0.1) is 6.92 Å². The van der Waals surface area contributed by atoms with Crippen LogP contribution in [0.15, 0.2) is 23.1 Å². The molecule has 118 valence electrons. The van der Waals surface area contributed by atoms with E-state index in [0.717, 1.165) is 30.6 Å². The minimum absolute atomic E-state index is 0.0177. The molecule has 1 aliphatic rings. The van der Waals surface area contributed by atoms with Crippen molar-refractivity contribution in [3.8, 4) is 0 Å². The summed E-state index contributed by atoms with van der Waals surface area (Å²) in [6.07, 6.45) is 1.95. The number of aryl methyl sites for hydroxylation is 1. The Bertz CT molecular complexity index is 581. The molecule has 21 heavy (non-hydrogen) atoms. The molecule has 5 nitrogen and oxygen atoms in total. The SMILES string of the molecule is CCN(CC1CCCO1)S(=O)(=O)c1ccc(CN)c(C)c1. The van der Waals surface area contributed by atoms with Crippen molar-refractivity contribution in [3.05, 3.63) is 29.3 Å². The highest BCUT2D eigenvalue weighted by Crippen LogP contribution is 2.22. The second-order valence-corrected chi connectivity index (χ2v) is 7.32. The highest BCUT2D eigenvalue weighted by Gasteiger charge is 2.28. The van der Waals surface area contributed by atoms with Gasteiger partial charge in [0.25, 0.3) is 0 Å². The highest BCUT2D eigenvalue weighted by atomic mass is 32.2.